The number of halogens is 3. The number of urea groups is 1. The Morgan fingerprint density at radius 2 is 1.83 bits per heavy atom. The van der Waals surface area contributed by atoms with Crippen LogP contribution >= 0.6 is 23.2 Å². The van der Waals surface area contributed by atoms with Crippen molar-refractivity contribution in [2.45, 2.75) is 18.8 Å². The van der Waals surface area contributed by atoms with E-state index in [9.17, 15) is 22.7 Å². The van der Waals surface area contributed by atoms with Crippen molar-refractivity contribution >= 4 is 51.5 Å². The van der Waals surface area contributed by atoms with E-state index >= 15 is 0 Å². The Hall–Kier alpha value is -2.07. The number of hydrogen-bond acceptors (Lipinski definition) is 4. The second kappa shape index (κ2) is 8.74. The molecule has 0 aromatic heterocycles. The quantitative estimate of drug-likeness (QED) is 0.602. The van der Waals surface area contributed by atoms with E-state index in [1.807, 2.05) is 0 Å². The fourth-order valence-corrected chi connectivity index (χ4v) is 4.57. The van der Waals surface area contributed by atoms with Gasteiger partial charge in [-0.05, 0) is 43.0 Å². The highest BCUT2D eigenvalue weighted by Crippen LogP contribution is 2.46. The van der Waals surface area contributed by atoms with E-state index in [0.717, 1.165) is 11.0 Å². The van der Waals surface area contributed by atoms with Crippen molar-refractivity contribution in [2.75, 3.05) is 18.0 Å². The summed E-state index contributed by atoms with van der Waals surface area (Å²) in [6, 6.07) is 5.80. The van der Waals surface area contributed by atoms with Crippen LogP contribution in [0.5, 0.6) is 5.75 Å². The number of phenolic OH excluding ortho intramolecular Hbond substituents is 1. The van der Waals surface area contributed by atoms with Gasteiger partial charge in [-0.2, -0.15) is 0 Å². The molecule has 3 N–H and O–H groups in total. The predicted molar refractivity (Wildman–Crippen MR) is 110 cm³/mol. The lowest BCUT2D eigenvalue weighted by Crippen LogP contribution is -2.33. The number of rotatable bonds is 4. The van der Waals surface area contributed by atoms with Crippen molar-refractivity contribution in [2.24, 2.45) is 5.73 Å². The van der Waals surface area contributed by atoms with Crippen LogP contribution in [-0.2, 0) is 10.9 Å². The van der Waals surface area contributed by atoms with Crippen LogP contribution in [0.15, 0.2) is 30.3 Å². The first-order valence-electron chi connectivity index (χ1n) is 8.66. The number of anilines is 2. The zero-order valence-electron chi connectivity index (χ0n) is 15.0. The summed E-state index contributed by atoms with van der Waals surface area (Å²) in [5.74, 6) is -1.27. The lowest BCUT2D eigenvalue weighted by molar-refractivity contribution is 0.256. The number of primary amides is 1. The van der Waals surface area contributed by atoms with Gasteiger partial charge in [0.1, 0.15) is 16.6 Å². The summed E-state index contributed by atoms with van der Waals surface area (Å²) >= 11 is 12.3. The number of carbonyl (C=O) groups is 1. The van der Waals surface area contributed by atoms with Crippen LogP contribution in [0, 0.1) is 5.82 Å². The molecule has 0 bridgehead atoms. The molecule has 0 spiro atoms. The maximum atomic E-state index is 13.9. The average molecular weight is 462 g/mol. The summed E-state index contributed by atoms with van der Waals surface area (Å²) in [6.07, 6.45) is 0.884. The van der Waals surface area contributed by atoms with Gasteiger partial charge in [-0.25, -0.2) is 21.9 Å². The third-order valence-electron chi connectivity index (χ3n) is 4.89. The summed E-state index contributed by atoms with van der Waals surface area (Å²) in [7, 11) is -2.67. The zero-order valence-corrected chi connectivity index (χ0v) is 17.4. The third-order valence-corrected chi connectivity index (χ3v) is 6.45. The van der Waals surface area contributed by atoms with Crippen LogP contribution in [0.2, 0.25) is 10.0 Å². The summed E-state index contributed by atoms with van der Waals surface area (Å²) in [5.41, 5.74) is 5.85. The predicted octanol–water partition coefficient (Wildman–Crippen LogP) is 3.76. The van der Waals surface area contributed by atoms with Gasteiger partial charge in [0.05, 0.1) is 11.4 Å². The molecule has 0 radical (unpaired) electrons. The lowest BCUT2D eigenvalue weighted by Gasteiger charge is -2.30. The largest absolute Gasteiger partial charge is 0.505 e. The number of nitrogens with zero attached hydrogens (tertiary/aromatic N) is 2. The Bertz CT molecular complexity index is 1020. The van der Waals surface area contributed by atoms with Gasteiger partial charge in [-0.3, -0.25) is 4.90 Å². The van der Waals surface area contributed by atoms with E-state index in [2.05, 4.69) is 0 Å². The number of carbonyl (C=O) groups excluding carboxylic acids is 1. The maximum Gasteiger partial charge on any atom is 0.324 e. The van der Waals surface area contributed by atoms with Crippen LogP contribution in [0.25, 0.3) is 0 Å². The summed E-state index contributed by atoms with van der Waals surface area (Å²) in [5, 5.41) is 10.9. The smallest absolute Gasteiger partial charge is 0.324 e. The van der Waals surface area contributed by atoms with E-state index in [4.69, 9.17) is 28.9 Å². The minimum atomic E-state index is -2.67. The van der Waals surface area contributed by atoms with E-state index in [0.29, 0.717) is 31.5 Å². The topological polar surface area (TPSA) is 104 Å². The number of phenols is 1. The molecule has 1 fully saturated rings. The number of piperidine rings is 1. The molecule has 0 aliphatic carbocycles. The van der Waals surface area contributed by atoms with Gasteiger partial charge in [-0.1, -0.05) is 29.3 Å². The SMILES string of the molecule is NC(=O)N(c1ccc(Cl)c(C2CCN([SH](=O)=O)CC2)c1O)c1cccc(F)c1Cl. The number of amides is 2. The molecule has 1 aliphatic heterocycles. The Morgan fingerprint density at radius 1 is 1.17 bits per heavy atom. The van der Waals surface area contributed by atoms with Gasteiger partial charge in [-0.15, -0.1) is 0 Å². The molecule has 1 heterocycles. The van der Waals surface area contributed by atoms with E-state index in [1.54, 1.807) is 0 Å². The van der Waals surface area contributed by atoms with Crippen molar-refractivity contribution < 1.29 is 22.7 Å². The highest BCUT2D eigenvalue weighted by molar-refractivity contribution is 7.69. The van der Waals surface area contributed by atoms with E-state index in [1.165, 1.54) is 28.6 Å². The number of thiol groups is 1. The maximum absolute atomic E-state index is 13.9. The molecule has 2 aromatic carbocycles. The van der Waals surface area contributed by atoms with Crippen molar-refractivity contribution in [3.05, 3.63) is 51.8 Å². The summed E-state index contributed by atoms with van der Waals surface area (Å²) in [6.45, 7) is 0.581. The van der Waals surface area contributed by atoms with E-state index < -0.39 is 22.7 Å². The van der Waals surface area contributed by atoms with Gasteiger partial charge in [0.2, 0.25) is 10.9 Å². The molecule has 3 rings (SSSR count). The number of hydrogen-bond donors (Lipinski definition) is 3. The Morgan fingerprint density at radius 3 is 2.41 bits per heavy atom. The van der Waals surface area contributed by atoms with Crippen molar-refractivity contribution in [1.82, 2.24) is 4.31 Å². The van der Waals surface area contributed by atoms with Crippen LogP contribution in [0.4, 0.5) is 20.6 Å². The van der Waals surface area contributed by atoms with E-state index in [-0.39, 0.29) is 33.1 Å². The second-order valence-electron chi connectivity index (χ2n) is 6.54. The minimum absolute atomic E-state index is 0.00160. The summed E-state index contributed by atoms with van der Waals surface area (Å²) < 4.78 is 37.5. The Balaban J connectivity index is 2.05. The van der Waals surface area contributed by atoms with Crippen molar-refractivity contribution in [3.63, 3.8) is 0 Å². The molecule has 2 amide bonds. The molecule has 156 valence electrons. The molecule has 1 aliphatic rings. The molecule has 0 atom stereocenters. The molecule has 0 saturated carbocycles. The highest BCUT2D eigenvalue weighted by atomic mass is 35.5. The van der Waals surface area contributed by atoms with Crippen LogP contribution in [-0.4, -0.2) is 37.0 Å². The van der Waals surface area contributed by atoms with Gasteiger partial charge < -0.3 is 10.8 Å². The first kappa shape index (κ1) is 21.6. The van der Waals surface area contributed by atoms with Gasteiger partial charge >= 0.3 is 6.03 Å². The fourth-order valence-electron chi connectivity index (χ4n) is 3.49. The normalized spacial score (nSPS) is 15.6. The van der Waals surface area contributed by atoms with Crippen molar-refractivity contribution in [3.8, 4) is 5.75 Å². The number of nitrogens with two attached hydrogens (primary N) is 1. The Kier molecular flexibility index (Phi) is 6.52. The third kappa shape index (κ3) is 4.28. The monoisotopic (exact) mass is 461 g/mol. The highest BCUT2D eigenvalue weighted by Gasteiger charge is 2.30. The van der Waals surface area contributed by atoms with Gasteiger partial charge in [0.25, 0.3) is 0 Å². The standard InChI is InChI=1S/C18H18Cl2FN3O4S/c19-11-4-5-14(24(18(22)26)13-3-1-2-12(21)16(13)20)17(25)15(11)10-6-8-23(9-7-10)29(27)28/h1-5,10,25,29H,6-9H2,(H2,22,26). The molecule has 7 nitrogen and oxygen atoms in total. The summed E-state index contributed by atoms with van der Waals surface area (Å²) in [4.78, 5) is 13.1. The van der Waals surface area contributed by atoms with Crippen LogP contribution < -0.4 is 10.6 Å². The number of benzene rings is 2. The van der Waals surface area contributed by atoms with Gasteiger partial charge in [0, 0.05) is 23.7 Å². The molecular weight excluding hydrogens is 444 g/mol. The zero-order chi connectivity index (χ0) is 21.3. The Labute approximate surface area is 178 Å². The molecule has 1 saturated heterocycles. The number of aromatic hydroxyl groups is 1. The minimum Gasteiger partial charge on any atom is -0.505 e. The van der Waals surface area contributed by atoms with Crippen molar-refractivity contribution in [1.29, 1.82) is 0 Å². The molecular formula is C18H18Cl2FN3O4S. The fraction of sp³-hybridized carbons (Fsp3) is 0.278. The molecule has 0 unspecified atom stereocenters. The molecule has 29 heavy (non-hydrogen) atoms. The van der Waals surface area contributed by atoms with Crippen LogP contribution in [0.1, 0.15) is 24.3 Å². The van der Waals surface area contributed by atoms with Crippen LogP contribution in [0.3, 0.4) is 0 Å². The second-order valence-corrected chi connectivity index (χ2v) is 8.37. The van der Waals surface area contributed by atoms with Gasteiger partial charge in [0.15, 0.2) is 0 Å². The molecule has 11 heteroatoms. The first-order chi connectivity index (χ1) is 13.7. The lowest BCUT2D eigenvalue weighted by atomic mass is 9.89. The first-order valence-corrected chi connectivity index (χ1v) is 10.5. The average Bonchev–Trinajstić information content (AvgIpc) is 2.67. The molecule has 2 aromatic rings.